The van der Waals surface area contributed by atoms with E-state index in [1.807, 2.05) is 6.92 Å². The minimum absolute atomic E-state index is 0.0884. The fourth-order valence-corrected chi connectivity index (χ4v) is 1.40. The summed E-state index contributed by atoms with van der Waals surface area (Å²) in [5.41, 5.74) is 5.34. The third kappa shape index (κ3) is 5.84. The van der Waals surface area contributed by atoms with Crippen LogP contribution in [-0.4, -0.2) is 33.2 Å². The van der Waals surface area contributed by atoms with Gasteiger partial charge in [0.25, 0.3) is 0 Å². The van der Waals surface area contributed by atoms with Gasteiger partial charge >= 0.3 is 0 Å². The average molecular weight is 250 g/mol. The highest BCUT2D eigenvalue weighted by molar-refractivity contribution is 7.84. The van der Waals surface area contributed by atoms with E-state index < -0.39 is 16.7 Å². The van der Waals surface area contributed by atoms with Crippen molar-refractivity contribution >= 4 is 33.9 Å². The van der Waals surface area contributed by atoms with Crippen molar-refractivity contribution in [1.82, 2.24) is 5.32 Å². The minimum atomic E-state index is -0.846. The number of thiocarbonyl (C=S) groups is 1. The Labute approximate surface area is 98.4 Å². The number of carbonyl (C=O) groups excluding carboxylic acids is 1. The highest BCUT2D eigenvalue weighted by Gasteiger charge is 2.15. The van der Waals surface area contributed by atoms with Crippen molar-refractivity contribution in [2.75, 3.05) is 12.8 Å². The Morgan fingerprint density at radius 2 is 2.07 bits per heavy atom. The van der Waals surface area contributed by atoms with E-state index in [1.54, 1.807) is 13.2 Å². The first-order chi connectivity index (χ1) is 6.86. The second kappa shape index (κ2) is 6.90. The summed E-state index contributed by atoms with van der Waals surface area (Å²) in [6, 6.07) is 0. The fraction of sp³-hybridized carbons (Fsp3) is 0.778. The largest absolute Gasteiger partial charge is 0.393 e. The Morgan fingerprint density at radius 3 is 2.47 bits per heavy atom. The molecule has 0 rings (SSSR count). The molecule has 0 heterocycles. The first-order valence-electron chi connectivity index (χ1n) is 4.75. The van der Waals surface area contributed by atoms with Crippen LogP contribution in [0.2, 0.25) is 0 Å². The number of amides is 1. The zero-order chi connectivity index (χ0) is 12.0. The molecule has 0 fully saturated rings. The van der Waals surface area contributed by atoms with Crippen LogP contribution in [0, 0.1) is 5.92 Å². The van der Waals surface area contributed by atoms with Crippen LogP contribution >= 0.6 is 12.2 Å². The number of rotatable bonds is 6. The van der Waals surface area contributed by atoms with E-state index in [4.69, 9.17) is 18.0 Å². The SMILES string of the molecule is CC(C(=O)NCCC(C)S(C)=O)C(N)=S. The molecule has 88 valence electrons. The topological polar surface area (TPSA) is 72.2 Å². The Bertz CT molecular complexity index is 269. The normalized spacial score (nSPS) is 16.5. The molecule has 0 aromatic rings. The lowest BCUT2D eigenvalue weighted by molar-refractivity contribution is -0.122. The average Bonchev–Trinajstić information content (AvgIpc) is 2.15. The van der Waals surface area contributed by atoms with E-state index in [0.29, 0.717) is 13.0 Å². The molecule has 4 nitrogen and oxygen atoms in total. The van der Waals surface area contributed by atoms with Crippen LogP contribution in [0.3, 0.4) is 0 Å². The van der Waals surface area contributed by atoms with Crippen molar-refractivity contribution < 1.29 is 9.00 Å². The second-order valence-corrected chi connectivity index (χ2v) is 5.79. The maximum Gasteiger partial charge on any atom is 0.229 e. The maximum absolute atomic E-state index is 11.4. The smallest absolute Gasteiger partial charge is 0.229 e. The summed E-state index contributed by atoms with van der Waals surface area (Å²) in [5.74, 6) is -0.612. The highest BCUT2D eigenvalue weighted by Crippen LogP contribution is 1.99. The van der Waals surface area contributed by atoms with E-state index in [1.165, 1.54) is 0 Å². The van der Waals surface area contributed by atoms with Crippen molar-refractivity contribution in [1.29, 1.82) is 0 Å². The monoisotopic (exact) mass is 250 g/mol. The molecule has 0 aliphatic heterocycles. The molecular weight excluding hydrogens is 232 g/mol. The van der Waals surface area contributed by atoms with Crippen LogP contribution < -0.4 is 11.1 Å². The molecule has 15 heavy (non-hydrogen) atoms. The standard InChI is InChI=1S/C9H18N2O2S2/c1-6(15(3)13)4-5-11-9(12)7(2)8(10)14/h6-7H,4-5H2,1-3H3,(H2,10,14)(H,11,12). The zero-order valence-corrected chi connectivity index (χ0v) is 10.9. The van der Waals surface area contributed by atoms with E-state index in [0.717, 1.165) is 0 Å². The maximum atomic E-state index is 11.4. The van der Waals surface area contributed by atoms with E-state index in [-0.39, 0.29) is 16.1 Å². The molecular formula is C9H18N2O2S2. The lowest BCUT2D eigenvalue weighted by atomic mass is 10.1. The van der Waals surface area contributed by atoms with Gasteiger partial charge in [-0.2, -0.15) is 0 Å². The van der Waals surface area contributed by atoms with Gasteiger partial charge in [0.05, 0.1) is 10.9 Å². The van der Waals surface area contributed by atoms with Crippen LogP contribution in [0.25, 0.3) is 0 Å². The van der Waals surface area contributed by atoms with E-state index in [9.17, 15) is 9.00 Å². The quantitative estimate of drug-likeness (QED) is 0.660. The molecule has 3 atom stereocenters. The summed E-state index contributed by atoms with van der Waals surface area (Å²) in [6.07, 6.45) is 2.35. The molecule has 0 aliphatic carbocycles. The Hall–Kier alpha value is -0.490. The van der Waals surface area contributed by atoms with Crippen molar-refractivity contribution in [2.45, 2.75) is 25.5 Å². The Morgan fingerprint density at radius 1 is 1.53 bits per heavy atom. The van der Waals surface area contributed by atoms with Gasteiger partial charge in [-0.05, 0) is 13.3 Å². The van der Waals surface area contributed by atoms with Crippen LogP contribution in [-0.2, 0) is 15.6 Å². The van der Waals surface area contributed by atoms with Gasteiger partial charge in [-0.3, -0.25) is 9.00 Å². The second-order valence-electron chi connectivity index (χ2n) is 3.51. The summed E-state index contributed by atoms with van der Waals surface area (Å²) in [7, 11) is -0.846. The highest BCUT2D eigenvalue weighted by atomic mass is 32.2. The van der Waals surface area contributed by atoms with E-state index >= 15 is 0 Å². The molecule has 6 heteroatoms. The first kappa shape index (κ1) is 14.5. The zero-order valence-electron chi connectivity index (χ0n) is 9.28. The summed E-state index contributed by atoms with van der Waals surface area (Å²) in [5, 5.41) is 2.80. The minimum Gasteiger partial charge on any atom is -0.393 e. The Kier molecular flexibility index (Phi) is 6.67. The summed E-state index contributed by atoms with van der Waals surface area (Å²) >= 11 is 4.71. The molecule has 1 amide bonds. The molecule has 0 saturated heterocycles. The van der Waals surface area contributed by atoms with Gasteiger partial charge in [-0.25, -0.2) is 0 Å². The number of hydrogen-bond donors (Lipinski definition) is 2. The van der Waals surface area contributed by atoms with E-state index in [2.05, 4.69) is 5.32 Å². The van der Waals surface area contributed by atoms with Crippen LogP contribution in [0.15, 0.2) is 0 Å². The van der Waals surface area contributed by atoms with Gasteiger partial charge in [0.15, 0.2) is 0 Å². The predicted octanol–water partition coefficient (Wildman–Crippen LogP) is 0.182. The fourth-order valence-electron chi connectivity index (χ4n) is 0.847. The molecule has 0 saturated carbocycles. The lowest BCUT2D eigenvalue weighted by Gasteiger charge is -2.12. The van der Waals surface area contributed by atoms with Gasteiger partial charge in [0.2, 0.25) is 5.91 Å². The molecule has 0 aromatic heterocycles. The molecule has 3 N–H and O–H groups in total. The summed E-state index contributed by atoms with van der Waals surface area (Å²) < 4.78 is 11.0. The number of hydrogen-bond acceptors (Lipinski definition) is 3. The number of nitrogens with two attached hydrogens (primary N) is 1. The third-order valence-corrected chi connectivity index (χ3v) is 3.96. The first-order valence-corrected chi connectivity index (χ1v) is 6.78. The number of nitrogens with one attached hydrogen (secondary N) is 1. The molecule has 0 spiro atoms. The Balaban J connectivity index is 3.82. The van der Waals surface area contributed by atoms with Crippen LogP contribution in [0.5, 0.6) is 0 Å². The third-order valence-electron chi connectivity index (χ3n) is 2.24. The van der Waals surface area contributed by atoms with Gasteiger partial charge < -0.3 is 11.1 Å². The van der Waals surface area contributed by atoms with Crippen LogP contribution in [0.4, 0.5) is 0 Å². The van der Waals surface area contributed by atoms with Crippen LogP contribution in [0.1, 0.15) is 20.3 Å². The molecule has 0 aromatic carbocycles. The molecule has 3 unspecified atom stereocenters. The molecule has 0 aliphatic rings. The van der Waals surface area contributed by atoms with Gasteiger partial charge in [-0.15, -0.1) is 0 Å². The lowest BCUT2D eigenvalue weighted by Crippen LogP contribution is -2.37. The summed E-state index contributed by atoms with van der Waals surface area (Å²) in [6.45, 7) is 4.06. The predicted molar refractivity (Wildman–Crippen MR) is 67.1 cm³/mol. The molecule has 0 bridgehead atoms. The van der Waals surface area contributed by atoms with Crippen molar-refractivity contribution in [2.24, 2.45) is 11.7 Å². The van der Waals surface area contributed by atoms with Gasteiger partial charge in [-0.1, -0.05) is 19.1 Å². The van der Waals surface area contributed by atoms with Gasteiger partial charge in [0.1, 0.15) is 0 Å². The van der Waals surface area contributed by atoms with Crippen molar-refractivity contribution in [3.05, 3.63) is 0 Å². The number of carbonyl (C=O) groups is 1. The summed E-state index contributed by atoms with van der Waals surface area (Å²) in [4.78, 5) is 11.6. The van der Waals surface area contributed by atoms with Gasteiger partial charge in [0, 0.05) is 28.9 Å². The van der Waals surface area contributed by atoms with Crippen molar-refractivity contribution in [3.8, 4) is 0 Å². The van der Waals surface area contributed by atoms with Crippen molar-refractivity contribution in [3.63, 3.8) is 0 Å². The molecule has 0 radical (unpaired) electrons.